The predicted octanol–water partition coefficient (Wildman–Crippen LogP) is 3.47. The summed E-state index contributed by atoms with van der Waals surface area (Å²) >= 11 is 3.82. The Morgan fingerprint density at radius 2 is 2.21 bits per heavy atom. The van der Waals surface area contributed by atoms with Gasteiger partial charge < -0.3 is 4.57 Å². The highest BCUT2D eigenvalue weighted by molar-refractivity contribution is 14.1. The number of aryl methyl sites for hydroxylation is 2. The summed E-state index contributed by atoms with van der Waals surface area (Å²) in [4.78, 5) is 16.5. The minimum absolute atomic E-state index is 0.195. The Labute approximate surface area is 156 Å². The van der Waals surface area contributed by atoms with Crippen molar-refractivity contribution in [3.8, 4) is 0 Å². The van der Waals surface area contributed by atoms with Crippen LogP contribution in [0.2, 0.25) is 0 Å². The van der Waals surface area contributed by atoms with Crippen LogP contribution >= 0.6 is 33.9 Å². The Morgan fingerprint density at radius 1 is 1.38 bits per heavy atom. The van der Waals surface area contributed by atoms with Crippen molar-refractivity contribution < 1.29 is 4.79 Å². The molecule has 3 aromatic rings. The molecule has 0 atom stereocenters. The summed E-state index contributed by atoms with van der Waals surface area (Å²) in [6.07, 6.45) is 5.67. The van der Waals surface area contributed by atoms with Crippen molar-refractivity contribution in [1.29, 1.82) is 0 Å². The fourth-order valence-electron chi connectivity index (χ4n) is 2.87. The highest BCUT2D eigenvalue weighted by Crippen LogP contribution is 2.30. The molecular formula is C17H13IN4OS. The van der Waals surface area contributed by atoms with Gasteiger partial charge in [0.05, 0.1) is 5.57 Å². The molecule has 1 aromatic carbocycles. The number of hydrogen-bond donors (Lipinski definition) is 1. The molecule has 7 heteroatoms. The number of amides is 1. The molecule has 24 heavy (non-hydrogen) atoms. The average molecular weight is 448 g/mol. The maximum Gasteiger partial charge on any atom is 0.273 e. The fraction of sp³-hybridized carbons (Fsp3) is 0.118. The first-order valence-electron chi connectivity index (χ1n) is 7.30. The predicted molar refractivity (Wildman–Crippen MR) is 105 cm³/mol. The number of rotatable bonds is 2. The maximum absolute atomic E-state index is 12.2. The lowest BCUT2D eigenvalue weighted by Gasteiger charge is -2.02. The van der Waals surface area contributed by atoms with E-state index in [4.69, 9.17) is 0 Å². The van der Waals surface area contributed by atoms with E-state index in [2.05, 4.69) is 61.7 Å². The van der Waals surface area contributed by atoms with Crippen LogP contribution in [0.25, 0.3) is 17.0 Å². The molecule has 0 radical (unpaired) electrons. The van der Waals surface area contributed by atoms with Gasteiger partial charge in [0.25, 0.3) is 5.91 Å². The van der Waals surface area contributed by atoms with Crippen molar-refractivity contribution in [3.63, 3.8) is 0 Å². The summed E-state index contributed by atoms with van der Waals surface area (Å²) in [7, 11) is 2.02. The molecule has 0 spiro atoms. The minimum Gasteiger partial charge on any atom is -0.350 e. The number of halogens is 1. The van der Waals surface area contributed by atoms with Crippen LogP contribution < -0.4 is 5.43 Å². The molecule has 1 amide bonds. The summed E-state index contributed by atoms with van der Waals surface area (Å²) in [6, 6.07) is 4.31. The molecule has 0 saturated carbocycles. The van der Waals surface area contributed by atoms with Gasteiger partial charge in [0.1, 0.15) is 10.7 Å². The highest BCUT2D eigenvalue weighted by atomic mass is 127. The van der Waals surface area contributed by atoms with Crippen LogP contribution in [0.5, 0.6) is 0 Å². The second-order valence-corrected chi connectivity index (χ2v) is 7.69. The zero-order valence-corrected chi connectivity index (χ0v) is 16.0. The molecule has 0 unspecified atom stereocenters. The number of carbonyl (C=O) groups is 1. The zero-order chi connectivity index (χ0) is 16.8. The first-order chi connectivity index (χ1) is 11.5. The van der Waals surface area contributed by atoms with Gasteiger partial charge in [-0.1, -0.05) is 0 Å². The molecule has 0 bridgehead atoms. The Bertz CT molecular complexity index is 1030. The number of fused-ring (bicyclic) bond motifs is 1. The lowest BCUT2D eigenvalue weighted by atomic mass is 10.1. The van der Waals surface area contributed by atoms with Crippen LogP contribution in [0.15, 0.2) is 40.6 Å². The van der Waals surface area contributed by atoms with Crippen molar-refractivity contribution in [2.75, 3.05) is 0 Å². The van der Waals surface area contributed by atoms with Gasteiger partial charge in [-0.25, -0.2) is 10.4 Å². The molecule has 3 heterocycles. The van der Waals surface area contributed by atoms with Gasteiger partial charge in [-0.2, -0.15) is 5.10 Å². The molecule has 1 N–H and O–H groups in total. The van der Waals surface area contributed by atoms with Gasteiger partial charge in [0.15, 0.2) is 0 Å². The smallest absolute Gasteiger partial charge is 0.273 e. The van der Waals surface area contributed by atoms with Gasteiger partial charge in [0, 0.05) is 44.9 Å². The average Bonchev–Trinajstić information content (AvgIpc) is 3.22. The first kappa shape index (κ1) is 15.5. The number of thiazole rings is 1. The normalized spacial score (nSPS) is 16.0. The summed E-state index contributed by atoms with van der Waals surface area (Å²) in [5.41, 5.74) is 7.08. The standard InChI is InChI=1S/C17H13IN4OS/c1-9-5-12(18)14-10(8-22(2)13(14)6-9)7-11-15(20-21-16(11)23)17-19-3-4-24-17/h3-8H,1-2H3,(H,21,23)/b11-7-. The Morgan fingerprint density at radius 3 is 2.96 bits per heavy atom. The number of nitrogens with one attached hydrogen (secondary N) is 1. The van der Waals surface area contributed by atoms with Crippen molar-refractivity contribution in [2.24, 2.45) is 12.1 Å². The molecule has 0 aliphatic carbocycles. The van der Waals surface area contributed by atoms with E-state index in [0.717, 1.165) is 21.5 Å². The van der Waals surface area contributed by atoms with E-state index in [1.165, 1.54) is 20.5 Å². The highest BCUT2D eigenvalue weighted by Gasteiger charge is 2.26. The number of aromatic nitrogens is 2. The van der Waals surface area contributed by atoms with Crippen LogP contribution in [0.1, 0.15) is 16.1 Å². The number of nitrogens with zero attached hydrogens (tertiary/aromatic N) is 3. The summed E-state index contributed by atoms with van der Waals surface area (Å²) in [5, 5.41) is 7.91. The number of carbonyl (C=O) groups excluding carboxylic acids is 1. The van der Waals surface area contributed by atoms with Crippen molar-refractivity contribution in [2.45, 2.75) is 6.92 Å². The van der Waals surface area contributed by atoms with E-state index < -0.39 is 0 Å². The Kier molecular flexibility index (Phi) is 3.76. The van der Waals surface area contributed by atoms with Gasteiger partial charge in [-0.15, -0.1) is 11.3 Å². The number of hydrazone groups is 1. The fourth-order valence-corrected chi connectivity index (χ4v) is 4.59. The van der Waals surface area contributed by atoms with E-state index in [1.54, 1.807) is 6.20 Å². The topological polar surface area (TPSA) is 59.3 Å². The van der Waals surface area contributed by atoms with Gasteiger partial charge >= 0.3 is 0 Å². The SMILES string of the molecule is Cc1cc(I)c2c(/C=C3\C(=O)NN=C3c3nccs3)cn(C)c2c1. The van der Waals surface area contributed by atoms with E-state index in [1.807, 2.05) is 24.7 Å². The zero-order valence-electron chi connectivity index (χ0n) is 13.0. The van der Waals surface area contributed by atoms with Gasteiger partial charge in [0.2, 0.25) is 0 Å². The largest absolute Gasteiger partial charge is 0.350 e. The molecule has 5 nitrogen and oxygen atoms in total. The van der Waals surface area contributed by atoms with Crippen LogP contribution in [0, 0.1) is 10.5 Å². The maximum atomic E-state index is 12.2. The third-order valence-electron chi connectivity index (χ3n) is 3.92. The van der Waals surface area contributed by atoms with Gasteiger partial charge in [-0.05, 0) is 53.3 Å². The van der Waals surface area contributed by atoms with Crippen LogP contribution in [-0.4, -0.2) is 21.2 Å². The van der Waals surface area contributed by atoms with Crippen molar-refractivity contribution in [3.05, 3.63) is 55.2 Å². The van der Waals surface area contributed by atoms with E-state index >= 15 is 0 Å². The van der Waals surface area contributed by atoms with Crippen LogP contribution in [0.4, 0.5) is 0 Å². The quantitative estimate of drug-likeness (QED) is 0.482. The molecule has 1 aliphatic heterocycles. The molecule has 0 fully saturated rings. The van der Waals surface area contributed by atoms with Crippen molar-refractivity contribution >= 4 is 62.5 Å². The molecular weight excluding hydrogens is 435 g/mol. The molecule has 1 aliphatic rings. The summed E-state index contributed by atoms with van der Waals surface area (Å²) in [5.74, 6) is -0.195. The van der Waals surface area contributed by atoms with E-state index in [0.29, 0.717) is 11.3 Å². The lowest BCUT2D eigenvalue weighted by Crippen LogP contribution is -2.13. The van der Waals surface area contributed by atoms with E-state index in [-0.39, 0.29) is 5.91 Å². The molecule has 4 rings (SSSR count). The molecule has 120 valence electrons. The number of benzene rings is 1. The molecule has 0 saturated heterocycles. The van der Waals surface area contributed by atoms with Crippen molar-refractivity contribution in [1.82, 2.24) is 15.0 Å². The lowest BCUT2D eigenvalue weighted by molar-refractivity contribution is -0.116. The second-order valence-electron chi connectivity index (χ2n) is 5.63. The summed E-state index contributed by atoms with van der Waals surface area (Å²) < 4.78 is 3.26. The monoisotopic (exact) mass is 448 g/mol. The Hall–Kier alpha value is -2.00. The number of hydrogen-bond acceptors (Lipinski definition) is 4. The summed E-state index contributed by atoms with van der Waals surface area (Å²) in [6.45, 7) is 2.09. The third-order valence-corrected chi connectivity index (χ3v) is 5.55. The van der Waals surface area contributed by atoms with Crippen LogP contribution in [0.3, 0.4) is 0 Å². The van der Waals surface area contributed by atoms with E-state index in [9.17, 15) is 4.79 Å². The minimum atomic E-state index is -0.195. The Balaban J connectivity index is 1.91. The van der Waals surface area contributed by atoms with Gasteiger partial charge in [-0.3, -0.25) is 4.79 Å². The van der Waals surface area contributed by atoms with Crippen LogP contribution in [-0.2, 0) is 11.8 Å². The third kappa shape index (κ3) is 2.48. The first-order valence-corrected chi connectivity index (χ1v) is 9.25. The molecule has 2 aromatic heterocycles. The second kappa shape index (κ2) is 5.82.